The number of aromatic nitrogens is 6. The lowest BCUT2D eigenvalue weighted by molar-refractivity contribution is 0.590. The lowest BCUT2D eigenvalue weighted by atomic mass is 9.82. The Bertz CT molecular complexity index is 5100. The molecule has 0 unspecified atom stereocenters. The predicted octanol–water partition coefficient (Wildman–Crippen LogP) is 20.5. The van der Waals surface area contributed by atoms with Gasteiger partial charge in [-0.1, -0.05) is 259 Å². The molecule has 0 spiro atoms. The van der Waals surface area contributed by atoms with Crippen LogP contribution in [0.4, 0.5) is 0 Å². The Labute approximate surface area is 504 Å². The van der Waals surface area contributed by atoms with E-state index in [0.29, 0.717) is 34.9 Å². The van der Waals surface area contributed by atoms with Crippen LogP contribution in [-0.2, 0) is 10.8 Å². The molecule has 4 aromatic heterocycles. The topological polar surface area (TPSA) is 104 Å². The van der Waals surface area contributed by atoms with E-state index in [2.05, 4.69) is 198 Å². The maximum Gasteiger partial charge on any atom is 0.164 e. The van der Waals surface area contributed by atoms with Gasteiger partial charge in [-0.2, -0.15) is 0 Å². The molecule has 0 bridgehead atoms. The molecule has 11 aromatic carbocycles. The molecule has 0 saturated heterocycles. The van der Waals surface area contributed by atoms with Crippen molar-refractivity contribution < 1.29 is 8.83 Å². The first-order chi connectivity index (χ1) is 42.5. The van der Waals surface area contributed by atoms with Crippen molar-refractivity contribution in [2.75, 3.05) is 0 Å². The number of nitrogens with zero attached hydrogens (tertiary/aromatic N) is 6. The summed E-state index contributed by atoms with van der Waals surface area (Å²) < 4.78 is 12.5. The fraction of sp³-hybridized carbons (Fsp3) is 0.0886. The molecule has 87 heavy (non-hydrogen) atoms. The Balaban J connectivity index is 0.000000148. The van der Waals surface area contributed by atoms with Gasteiger partial charge in [-0.05, 0) is 86.3 Å². The summed E-state index contributed by atoms with van der Waals surface area (Å²) in [5, 5.41) is 4.49. The van der Waals surface area contributed by atoms with E-state index in [9.17, 15) is 0 Å². The molecule has 4 heterocycles. The van der Waals surface area contributed by atoms with Crippen LogP contribution in [0.25, 0.3) is 146 Å². The molecule has 15 aromatic rings. The molecule has 416 valence electrons. The van der Waals surface area contributed by atoms with Gasteiger partial charge in [-0.3, -0.25) is 0 Å². The Hall–Kier alpha value is -11.0. The average molecular weight is 1120 g/mol. The summed E-state index contributed by atoms with van der Waals surface area (Å²) in [5.74, 6) is 3.90. The molecule has 0 fully saturated rings. The molecule has 0 aliphatic heterocycles. The van der Waals surface area contributed by atoms with E-state index in [4.69, 9.17) is 38.7 Å². The van der Waals surface area contributed by atoms with Crippen molar-refractivity contribution >= 4 is 43.9 Å². The van der Waals surface area contributed by atoms with Crippen LogP contribution in [0.1, 0.15) is 51.3 Å². The molecule has 0 atom stereocenters. The summed E-state index contributed by atoms with van der Waals surface area (Å²) in [4.78, 5) is 29.8. The fourth-order valence-corrected chi connectivity index (χ4v) is 12.2. The predicted molar refractivity (Wildman–Crippen MR) is 354 cm³/mol. The molecule has 1 aliphatic rings. The van der Waals surface area contributed by atoms with E-state index in [1.807, 2.05) is 97.1 Å². The smallest absolute Gasteiger partial charge is 0.164 e. The normalized spacial score (nSPS) is 12.5. The van der Waals surface area contributed by atoms with Crippen molar-refractivity contribution in [2.24, 2.45) is 0 Å². The quantitative estimate of drug-likeness (QED) is 0.148. The highest BCUT2D eigenvalue weighted by Crippen LogP contribution is 2.49. The Morgan fingerprint density at radius 2 is 0.690 bits per heavy atom. The SMILES string of the molecule is CC(C)(C)c1ccc(-c2nc(-c3ccccc3)nc(-c3ccc(-c4ccc5c(c4)oc4ccccc45)cc3)n2)cc1.CC1(C)c2ccccc2-c2ccc(-c3nc(-c4ccccc4)nc(-c4cccc(-c5cccc6c5oc5ccccc56)c4)n3)cc21. The minimum atomic E-state index is -0.119. The van der Waals surface area contributed by atoms with E-state index in [1.165, 1.54) is 27.8 Å². The lowest BCUT2D eigenvalue weighted by Crippen LogP contribution is -2.15. The van der Waals surface area contributed by atoms with Crippen molar-refractivity contribution in [3.8, 4) is 102 Å². The summed E-state index contributed by atoms with van der Waals surface area (Å²) in [7, 11) is 0. The van der Waals surface area contributed by atoms with Crippen molar-refractivity contribution in [2.45, 2.75) is 45.4 Å². The zero-order valence-corrected chi connectivity index (χ0v) is 48.8. The first kappa shape index (κ1) is 52.8. The molecule has 8 nitrogen and oxygen atoms in total. The second-order valence-electron chi connectivity index (χ2n) is 23.9. The number of benzene rings is 11. The zero-order valence-electron chi connectivity index (χ0n) is 48.8. The molecule has 1 aliphatic carbocycles. The first-order valence-corrected chi connectivity index (χ1v) is 29.5. The van der Waals surface area contributed by atoms with Crippen molar-refractivity contribution in [3.63, 3.8) is 0 Å². The number of para-hydroxylation sites is 3. The van der Waals surface area contributed by atoms with Crippen LogP contribution < -0.4 is 0 Å². The summed E-state index contributed by atoms with van der Waals surface area (Å²) in [6.07, 6.45) is 0. The van der Waals surface area contributed by atoms with Gasteiger partial charge in [-0.25, -0.2) is 29.9 Å². The van der Waals surface area contributed by atoms with E-state index in [1.54, 1.807) is 0 Å². The van der Waals surface area contributed by atoms with E-state index >= 15 is 0 Å². The highest BCUT2D eigenvalue weighted by molar-refractivity contribution is 6.10. The van der Waals surface area contributed by atoms with E-state index in [0.717, 1.165) is 99.5 Å². The standard InChI is InChI=1S/C42H29N3O.C37H29N3O/c1-42(2)35-20-8-6-16-31(35)32-23-22-29(25-36(32)42)41-44-39(26-12-4-3-5-13-26)43-40(45-41)28-15-10-14-27(24-28)30-18-11-19-34-33-17-7-9-21-37(33)46-38(30)34;1-37(2,3)29-20-17-27(18-21-29)36-39-34(25-9-5-4-6-10-25)38-35(40-36)26-15-13-24(14-16-26)28-19-22-31-30-11-7-8-12-32(30)41-33(31)23-28/h3-25H,1-2H3;4-23H,1-3H3. The number of rotatable bonds is 8. The van der Waals surface area contributed by atoms with Crippen LogP contribution in [0.5, 0.6) is 0 Å². The molecule has 8 heteroatoms. The molecular weight excluding hydrogens is 1060 g/mol. The largest absolute Gasteiger partial charge is 0.456 e. The Morgan fingerprint density at radius 3 is 1.32 bits per heavy atom. The molecule has 0 saturated carbocycles. The van der Waals surface area contributed by atoms with Crippen LogP contribution in [0.15, 0.2) is 270 Å². The van der Waals surface area contributed by atoms with Crippen LogP contribution in [-0.4, -0.2) is 29.9 Å². The maximum absolute atomic E-state index is 6.37. The average Bonchev–Trinajstić information content (AvgIpc) is 1.96. The molecular formula is C79H58N6O2. The van der Waals surface area contributed by atoms with Gasteiger partial charge in [0, 0.05) is 65.9 Å². The molecule has 0 radical (unpaired) electrons. The van der Waals surface area contributed by atoms with Gasteiger partial charge in [0.15, 0.2) is 34.9 Å². The highest BCUT2D eigenvalue weighted by Gasteiger charge is 2.35. The van der Waals surface area contributed by atoms with Gasteiger partial charge in [-0.15, -0.1) is 0 Å². The Kier molecular flexibility index (Phi) is 12.9. The van der Waals surface area contributed by atoms with E-state index < -0.39 is 0 Å². The minimum absolute atomic E-state index is 0.0780. The third-order valence-corrected chi connectivity index (χ3v) is 16.9. The van der Waals surface area contributed by atoms with Crippen LogP contribution in [0.2, 0.25) is 0 Å². The van der Waals surface area contributed by atoms with Crippen LogP contribution in [0, 0.1) is 0 Å². The lowest BCUT2D eigenvalue weighted by Gasteiger charge is -2.21. The van der Waals surface area contributed by atoms with Crippen molar-refractivity contribution in [1.82, 2.24) is 29.9 Å². The third-order valence-electron chi connectivity index (χ3n) is 16.9. The number of hydrogen-bond donors (Lipinski definition) is 0. The summed E-state index contributed by atoms with van der Waals surface area (Å²) in [6, 6.07) is 89.9. The van der Waals surface area contributed by atoms with Crippen LogP contribution in [0.3, 0.4) is 0 Å². The third kappa shape index (κ3) is 9.81. The highest BCUT2D eigenvalue weighted by atomic mass is 16.3. The summed E-state index contributed by atoms with van der Waals surface area (Å²) in [6.45, 7) is 11.2. The van der Waals surface area contributed by atoms with Gasteiger partial charge < -0.3 is 8.83 Å². The second-order valence-corrected chi connectivity index (χ2v) is 23.9. The van der Waals surface area contributed by atoms with Crippen molar-refractivity contribution in [1.29, 1.82) is 0 Å². The van der Waals surface area contributed by atoms with Gasteiger partial charge in [0.25, 0.3) is 0 Å². The van der Waals surface area contributed by atoms with Gasteiger partial charge in [0.2, 0.25) is 0 Å². The van der Waals surface area contributed by atoms with Gasteiger partial charge >= 0.3 is 0 Å². The molecule has 0 amide bonds. The minimum Gasteiger partial charge on any atom is -0.456 e. The molecule has 0 N–H and O–H groups in total. The summed E-state index contributed by atoms with van der Waals surface area (Å²) in [5.41, 5.74) is 20.0. The number of fused-ring (bicyclic) bond motifs is 9. The van der Waals surface area contributed by atoms with Gasteiger partial charge in [0.05, 0.1) is 0 Å². The fourth-order valence-electron chi connectivity index (χ4n) is 12.2. The number of hydrogen-bond acceptors (Lipinski definition) is 8. The second kappa shape index (κ2) is 21.3. The van der Waals surface area contributed by atoms with Crippen LogP contribution >= 0.6 is 0 Å². The first-order valence-electron chi connectivity index (χ1n) is 29.5. The number of furan rings is 2. The molecule has 16 rings (SSSR count). The van der Waals surface area contributed by atoms with Gasteiger partial charge in [0.1, 0.15) is 22.3 Å². The van der Waals surface area contributed by atoms with Crippen molar-refractivity contribution in [3.05, 3.63) is 278 Å². The Morgan fingerprint density at radius 1 is 0.276 bits per heavy atom. The zero-order chi connectivity index (χ0) is 58.8. The van der Waals surface area contributed by atoms with E-state index in [-0.39, 0.29) is 10.8 Å². The summed E-state index contributed by atoms with van der Waals surface area (Å²) >= 11 is 0. The maximum atomic E-state index is 6.37. The monoisotopic (exact) mass is 1120 g/mol.